The molecule has 0 rings (SSSR count). The van der Waals surface area contributed by atoms with E-state index in [1.165, 1.54) is 0 Å². The summed E-state index contributed by atoms with van der Waals surface area (Å²) >= 11 is 0. The minimum atomic E-state index is -1.12. The minimum Gasteiger partial charge on any atom is -0.478 e. The smallest absolute Gasteiger partial charge is 0.337 e. The summed E-state index contributed by atoms with van der Waals surface area (Å²) in [5.74, 6) is -1.66. The number of allylic oxidation sites excluding steroid dienone is 1. The van der Waals surface area contributed by atoms with E-state index in [-0.39, 0.29) is 18.1 Å². The molecule has 5 heteroatoms. The predicted molar refractivity (Wildman–Crippen MR) is 72.6 cm³/mol. The Hall–Kier alpha value is -2.17. The van der Waals surface area contributed by atoms with E-state index in [4.69, 9.17) is 5.11 Å². The number of hydrogen-bond donors (Lipinski definition) is 1. The molecule has 0 aliphatic carbocycles. The van der Waals surface area contributed by atoms with Crippen molar-refractivity contribution in [2.24, 2.45) is 5.92 Å². The quantitative estimate of drug-likeness (QED) is 0.251. The average Bonchev–Trinajstić information content (AvgIpc) is 2.39. The molecule has 0 amide bonds. The third-order valence-corrected chi connectivity index (χ3v) is 1.91. The van der Waals surface area contributed by atoms with Crippen molar-refractivity contribution in [1.82, 2.24) is 0 Å². The highest BCUT2D eigenvalue weighted by atomic mass is 16.5. The molecular formula is C14H20O5. The van der Waals surface area contributed by atoms with Gasteiger partial charge in [-0.1, -0.05) is 19.6 Å². The lowest BCUT2D eigenvalue weighted by molar-refractivity contribution is -0.138. The van der Waals surface area contributed by atoms with Crippen LogP contribution >= 0.6 is 0 Å². The molecule has 0 aliphatic heterocycles. The Kier molecular flexibility index (Phi) is 12.4. The fourth-order valence-electron chi connectivity index (χ4n) is 0.782. The molecule has 1 unspecified atom stereocenters. The lowest BCUT2D eigenvalue weighted by Gasteiger charge is -1.98. The second-order valence-corrected chi connectivity index (χ2v) is 3.36. The van der Waals surface area contributed by atoms with Gasteiger partial charge in [0.1, 0.15) is 6.29 Å². The maximum atomic E-state index is 10.8. The summed E-state index contributed by atoms with van der Waals surface area (Å²) in [6.45, 7) is 10.7. The molecule has 19 heavy (non-hydrogen) atoms. The van der Waals surface area contributed by atoms with Crippen LogP contribution < -0.4 is 0 Å². The predicted octanol–water partition coefficient (Wildman–Crippen LogP) is 2.14. The maximum absolute atomic E-state index is 10.8. The first kappa shape index (κ1) is 19.2. The summed E-state index contributed by atoms with van der Waals surface area (Å²) in [7, 11) is 0. The van der Waals surface area contributed by atoms with Gasteiger partial charge in [0.05, 0.1) is 12.2 Å². The largest absolute Gasteiger partial charge is 0.478 e. The van der Waals surface area contributed by atoms with Crippen molar-refractivity contribution in [3.8, 4) is 0 Å². The van der Waals surface area contributed by atoms with Crippen LogP contribution in [0.25, 0.3) is 0 Å². The van der Waals surface area contributed by atoms with Crippen LogP contribution in [-0.4, -0.2) is 29.9 Å². The second kappa shape index (κ2) is 12.3. The number of aldehydes is 1. The fourth-order valence-corrected chi connectivity index (χ4v) is 0.782. The number of rotatable bonds is 7. The van der Waals surface area contributed by atoms with Crippen molar-refractivity contribution in [1.29, 1.82) is 0 Å². The van der Waals surface area contributed by atoms with E-state index in [1.807, 2.05) is 6.92 Å². The highest BCUT2D eigenvalue weighted by Gasteiger charge is 2.03. The monoisotopic (exact) mass is 268 g/mol. The number of carbonyl (C=O) groups is 3. The van der Waals surface area contributed by atoms with Gasteiger partial charge in [0, 0.05) is 12.0 Å². The minimum absolute atomic E-state index is 0.0271. The van der Waals surface area contributed by atoms with Gasteiger partial charge in [0.15, 0.2) is 0 Å². The Balaban J connectivity index is 0. The molecule has 5 nitrogen and oxygen atoms in total. The Morgan fingerprint density at radius 3 is 2.16 bits per heavy atom. The summed E-state index contributed by atoms with van der Waals surface area (Å²) < 4.78 is 4.55. The molecule has 0 bridgehead atoms. The van der Waals surface area contributed by atoms with E-state index in [2.05, 4.69) is 17.9 Å². The summed E-state index contributed by atoms with van der Waals surface area (Å²) in [5.41, 5.74) is 0.0271. The van der Waals surface area contributed by atoms with Crippen LogP contribution in [0.4, 0.5) is 0 Å². The van der Waals surface area contributed by atoms with Crippen LogP contribution in [0.15, 0.2) is 37.0 Å². The Morgan fingerprint density at radius 1 is 1.32 bits per heavy atom. The Labute approximate surface area is 113 Å². The third kappa shape index (κ3) is 12.1. The molecule has 106 valence electrons. The Bertz CT molecular complexity index is 347. The zero-order valence-electron chi connectivity index (χ0n) is 11.3. The topological polar surface area (TPSA) is 80.7 Å². The number of carboxylic acids is 1. The number of esters is 1. The Morgan fingerprint density at radius 2 is 1.89 bits per heavy atom. The van der Waals surface area contributed by atoms with Crippen molar-refractivity contribution < 1.29 is 24.2 Å². The summed E-state index contributed by atoms with van der Waals surface area (Å²) in [4.78, 5) is 30.7. The van der Waals surface area contributed by atoms with Crippen LogP contribution in [0, 0.1) is 5.92 Å². The van der Waals surface area contributed by atoms with Gasteiger partial charge in [-0.2, -0.15) is 0 Å². The molecule has 0 fully saturated rings. The molecule has 1 N–H and O–H groups in total. The number of carboxylic acid groups (broad SMARTS) is 1. The fraction of sp³-hybridized carbons (Fsp3) is 0.357. The molecule has 0 radical (unpaired) electrons. The van der Waals surface area contributed by atoms with Crippen LogP contribution in [-0.2, 0) is 19.1 Å². The lowest BCUT2D eigenvalue weighted by Crippen LogP contribution is -2.05. The van der Waals surface area contributed by atoms with Crippen molar-refractivity contribution in [2.75, 3.05) is 6.61 Å². The van der Waals surface area contributed by atoms with Crippen LogP contribution in [0.5, 0.6) is 0 Å². The van der Waals surface area contributed by atoms with Gasteiger partial charge in [-0.05, 0) is 19.4 Å². The van der Waals surface area contributed by atoms with Gasteiger partial charge in [0.25, 0.3) is 0 Å². The second-order valence-electron chi connectivity index (χ2n) is 3.36. The molecule has 0 aromatic rings. The van der Waals surface area contributed by atoms with Gasteiger partial charge in [0.2, 0.25) is 0 Å². The van der Waals surface area contributed by atoms with E-state index >= 15 is 0 Å². The third-order valence-electron chi connectivity index (χ3n) is 1.91. The van der Waals surface area contributed by atoms with Gasteiger partial charge >= 0.3 is 11.9 Å². The molecule has 1 atom stereocenters. The molecule has 0 aromatic carbocycles. The van der Waals surface area contributed by atoms with E-state index in [1.54, 1.807) is 13.0 Å². The molecule has 0 spiro atoms. The number of carbonyl (C=O) groups excluding carboxylic acids is 2. The normalized spacial score (nSPS) is 10.8. The number of aliphatic carboxylic acids is 1. The SMILES string of the molecule is C=C(C=CC(=O)O)C(=O)OCC.C=CC(C=O)CC. The number of hydrogen-bond acceptors (Lipinski definition) is 4. The van der Waals surface area contributed by atoms with Gasteiger partial charge in [-0.3, -0.25) is 0 Å². The molecule has 0 heterocycles. The van der Waals surface area contributed by atoms with Crippen molar-refractivity contribution in [3.05, 3.63) is 37.0 Å². The molecular weight excluding hydrogens is 248 g/mol. The van der Waals surface area contributed by atoms with Crippen LogP contribution in [0.2, 0.25) is 0 Å². The van der Waals surface area contributed by atoms with Gasteiger partial charge < -0.3 is 14.6 Å². The van der Waals surface area contributed by atoms with Gasteiger partial charge in [-0.25, -0.2) is 9.59 Å². The molecule has 0 aromatic heterocycles. The summed E-state index contributed by atoms with van der Waals surface area (Å²) in [6.07, 6.45) is 5.37. The van der Waals surface area contributed by atoms with E-state index in [9.17, 15) is 14.4 Å². The highest BCUT2D eigenvalue weighted by molar-refractivity contribution is 5.93. The van der Waals surface area contributed by atoms with Crippen LogP contribution in [0.1, 0.15) is 20.3 Å². The van der Waals surface area contributed by atoms with Crippen molar-refractivity contribution in [2.45, 2.75) is 20.3 Å². The van der Waals surface area contributed by atoms with E-state index in [0.717, 1.165) is 24.9 Å². The zero-order valence-corrected chi connectivity index (χ0v) is 11.3. The standard InChI is InChI=1S/C8H10O4.C6H10O/c1-3-12-8(11)6(2)4-5-7(9)10;1-3-6(4-2)5-7/h4-5H,2-3H2,1H3,(H,9,10);3,5-6H,1,4H2,2H3. The maximum Gasteiger partial charge on any atom is 0.337 e. The first-order valence-corrected chi connectivity index (χ1v) is 5.77. The summed E-state index contributed by atoms with van der Waals surface area (Å²) in [5, 5.41) is 8.19. The van der Waals surface area contributed by atoms with E-state index < -0.39 is 11.9 Å². The van der Waals surface area contributed by atoms with Crippen molar-refractivity contribution >= 4 is 18.2 Å². The highest BCUT2D eigenvalue weighted by Crippen LogP contribution is 1.96. The first-order chi connectivity index (χ1) is 8.92. The van der Waals surface area contributed by atoms with E-state index in [0.29, 0.717) is 0 Å². The molecule has 0 saturated heterocycles. The van der Waals surface area contributed by atoms with Crippen molar-refractivity contribution in [3.63, 3.8) is 0 Å². The van der Waals surface area contributed by atoms with Gasteiger partial charge in [-0.15, -0.1) is 6.58 Å². The first-order valence-electron chi connectivity index (χ1n) is 5.77. The molecule has 0 aliphatic rings. The summed E-state index contributed by atoms with van der Waals surface area (Å²) in [6, 6.07) is 0. The molecule has 0 saturated carbocycles. The average molecular weight is 268 g/mol. The number of ether oxygens (including phenoxy) is 1. The lowest BCUT2D eigenvalue weighted by atomic mass is 10.1. The van der Waals surface area contributed by atoms with Crippen LogP contribution in [0.3, 0.4) is 0 Å². The zero-order chi connectivity index (χ0) is 15.3.